The largest absolute Gasteiger partial charge is 0.450 e. The van der Waals surface area contributed by atoms with Crippen LogP contribution in [0.3, 0.4) is 0 Å². The number of methoxy groups -OCH3 is 1. The summed E-state index contributed by atoms with van der Waals surface area (Å²) < 4.78 is 10.9. The van der Waals surface area contributed by atoms with Crippen LogP contribution in [-0.4, -0.2) is 32.0 Å². The van der Waals surface area contributed by atoms with E-state index in [1.165, 1.54) is 5.56 Å². The first kappa shape index (κ1) is 19.0. The van der Waals surface area contributed by atoms with Gasteiger partial charge in [0.2, 0.25) is 0 Å². The van der Waals surface area contributed by atoms with Gasteiger partial charge in [0.25, 0.3) is 5.91 Å². The Morgan fingerprint density at radius 1 is 1.10 bits per heavy atom. The lowest BCUT2D eigenvalue weighted by atomic mass is 10.0. The number of benzene rings is 2. The van der Waals surface area contributed by atoms with Gasteiger partial charge in [-0.25, -0.2) is 0 Å². The molecule has 150 valence electrons. The molecule has 0 bridgehead atoms. The zero-order valence-corrected chi connectivity index (χ0v) is 16.2. The van der Waals surface area contributed by atoms with E-state index >= 15 is 0 Å². The van der Waals surface area contributed by atoms with Gasteiger partial charge in [0, 0.05) is 30.3 Å². The molecular formula is C22H23N3O4. The molecular weight excluding hydrogens is 370 g/mol. The van der Waals surface area contributed by atoms with Crippen molar-refractivity contribution < 1.29 is 18.7 Å². The highest BCUT2D eigenvalue weighted by Crippen LogP contribution is 2.27. The van der Waals surface area contributed by atoms with Gasteiger partial charge in [-0.3, -0.25) is 20.4 Å². The van der Waals surface area contributed by atoms with E-state index in [2.05, 4.69) is 16.9 Å². The molecule has 2 amide bonds. The van der Waals surface area contributed by atoms with Crippen molar-refractivity contribution in [1.82, 2.24) is 10.9 Å². The van der Waals surface area contributed by atoms with Crippen molar-refractivity contribution in [3.8, 4) is 0 Å². The summed E-state index contributed by atoms with van der Waals surface area (Å²) in [7, 11) is 1.56. The lowest BCUT2D eigenvalue weighted by molar-refractivity contribution is -0.120. The Balaban J connectivity index is 1.42. The molecule has 0 fully saturated rings. The number of nitrogens with one attached hydrogen (secondary N) is 2. The van der Waals surface area contributed by atoms with Crippen LogP contribution in [0.25, 0.3) is 11.0 Å². The number of nitrogens with zero attached hydrogens (tertiary/aromatic N) is 1. The highest BCUT2D eigenvalue weighted by molar-refractivity contribution is 5.99. The molecule has 4 rings (SSSR count). The van der Waals surface area contributed by atoms with Gasteiger partial charge in [-0.1, -0.05) is 36.4 Å². The fourth-order valence-electron chi connectivity index (χ4n) is 3.74. The molecule has 2 N–H and O–H groups in total. The van der Waals surface area contributed by atoms with Crippen molar-refractivity contribution in [3.05, 3.63) is 65.4 Å². The van der Waals surface area contributed by atoms with E-state index in [9.17, 15) is 9.59 Å². The van der Waals surface area contributed by atoms with Crippen LogP contribution in [0.4, 0.5) is 5.69 Å². The predicted octanol–water partition coefficient (Wildman–Crippen LogP) is 2.79. The Bertz CT molecular complexity index is 1040. The van der Waals surface area contributed by atoms with Crippen LogP contribution in [0.15, 0.2) is 52.9 Å². The Morgan fingerprint density at radius 3 is 2.76 bits per heavy atom. The summed E-state index contributed by atoms with van der Waals surface area (Å²) in [5, 5.41) is 0.816. The van der Waals surface area contributed by atoms with Gasteiger partial charge in [0.15, 0.2) is 5.76 Å². The number of carbonyl (C=O) groups is 2. The standard InChI is InChI=1S/C22H23N3O4/c1-28-14-17-16-9-3-5-11-19(16)29-21(17)22(27)24-23-20(26)13-25-12-6-8-15-7-2-4-10-18(15)25/h2-5,7,9-11H,6,8,12-14H2,1H3,(H,23,26)(H,24,27). The van der Waals surface area contributed by atoms with Crippen LogP contribution in [0.1, 0.15) is 28.1 Å². The summed E-state index contributed by atoms with van der Waals surface area (Å²) in [5.74, 6) is -0.670. The second kappa shape index (κ2) is 8.36. The summed E-state index contributed by atoms with van der Waals surface area (Å²) in [6, 6.07) is 15.4. The SMILES string of the molecule is COCc1c(C(=O)NNC(=O)CN2CCCc3ccccc32)oc2ccccc12. The number of ether oxygens (including phenoxy) is 1. The molecule has 7 heteroatoms. The highest BCUT2D eigenvalue weighted by Gasteiger charge is 2.22. The molecule has 1 aromatic heterocycles. The fraction of sp³-hybridized carbons (Fsp3) is 0.273. The van der Waals surface area contributed by atoms with Crippen molar-refractivity contribution in [2.24, 2.45) is 0 Å². The summed E-state index contributed by atoms with van der Waals surface area (Å²) in [5.41, 5.74) is 8.51. The van der Waals surface area contributed by atoms with E-state index in [0.717, 1.165) is 30.5 Å². The maximum Gasteiger partial charge on any atom is 0.305 e. The summed E-state index contributed by atoms with van der Waals surface area (Å²) in [4.78, 5) is 27.1. The predicted molar refractivity (Wildman–Crippen MR) is 110 cm³/mol. The van der Waals surface area contributed by atoms with Gasteiger partial charge >= 0.3 is 5.91 Å². The molecule has 0 unspecified atom stereocenters. The summed E-state index contributed by atoms with van der Waals surface area (Å²) >= 11 is 0. The van der Waals surface area contributed by atoms with Crippen LogP contribution in [0.5, 0.6) is 0 Å². The number of furan rings is 1. The summed E-state index contributed by atoms with van der Waals surface area (Å²) in [6.45, 7) is 1.21. The minimum atomic E-state index is -0.513. The average Bonchev–Trinajstić information content (AvgIpc) is 3.11. The van der Waals surface area contributed by atoms with E-state index in [1.807, 2.05) is 41.3 Å². The zero-order chi connectivity index (χ0) is 20.2. The highest BCUT2D eigenvalue weighted by atomic mass is 16.5. The summed E-state index contributed by atoms with van der Waals surface area (Å²) in [6.07, 6.45) is 2.01. The van der Waals surface area contributed by atoms with Crippen molar-refractivity contribution in [2.75, 3.05) is 25.1 Å². The molecule has 1 aliphatic heterocycles. The van der Waals surface area contributed by atoms with Crippen molar-refractivity contribution in [2.45, 2.75) is 19.4 Å². The van der Waals surface area contributed by atoms with Crippen LogP contribution < -0.4 is 15.8 Å². The number of carbonyl (C=O) groups excluding carboxylic acids is 2. The average molecular weight is 393 g/mol. The van der Waals surface area contributed by atoms with Crippen molar-refractivity contribution in [3.63, 3.8) is 0 Å². The molecule has 0 aliphatic carbocycles. The zero-order valence-electron chi connectivity index (χ0n) is 16.2. The third-order valence-corrected chi connectivity index (χ3v) is 5.05. The number of anilines is 1. The molecule has 0 atom stereocenters. The number of aryl methyl sites for hydroxylation is 1. The van der Waals surface area contributed by atoms with Gasteiger partial charge in [0.05, 0.1) is 13.2 Å². The van der Waals surface area contributed by atoms with Gasteiger partial charge in [-0.15, -0.1) is 0 Å². The van der Waals surface area contributed by atoms with Crippen LogP contribution in [-0.2, 0) is 22.6 Å². The maximum absolute atomic E-state index is 12.6. The first-order valence-electron chi connectivity index (χ1n) is 9.58. The minimum Gasteiger partial charge on any atom is -0.450 e. The Labute approximate surface area is 168 Å². The number of para-hydroxylation sites is 2. The molecule has 3 aromatic rings. The Hall–Kier alpha value is -3.32. The number of hydrazine groups is 1. The van der Waals surface area contributed by atoms with Gasteiger partial charge in [-0.05, 0) is 30.5 Å². The minimum absolute atomic E-state index is 0.136. The van der Waals surface area contributed by atoms with E-state index in [4.69, 9.17) is 9.15 Å². The smallest absolute Gasteiger partial charge is 0.305 e. The third-order valence-electron chi connectivity index (χ3n) is 5.05. The van der Waals surface area contributed by atoms with E-state index in [0.29, 0.717) is 11.1 Å². The quantitative estimate of drug-likeness (QED) is 0.652. The normalized spacial score (nSPS) is 13.2. The second-order valence-corrected chi connectivity index (χ2v) is 7.00. The molecule has 2 aromatic carbocycles. The molecule has 0 radical (unpaired) electrons. The Morgan fingerprint density at radius 2 is 1.90 bits per heavy atom. The molecule has 0 spiro atoms. The fourth-order valence-corrected chi connectivity index (χ4v) is 3.74. The van der Waals surface area contributed by atoms with E-state index in [1.54, 1.807) is 13.2 Å². The van der Waals surface area contributed by atoms with Crippen LogP contribution in [0, 0.1) is 0 Å². The number of hydrogen-bond acceptors (Lipinski definition) is 5. The molecule has 2 heterocycles. The van der Waals surface area contributed by atoms with Crippen molar-refractivity contribution in [1.29, 1.82) is 0 Å². The molecule has 0 saturated carbocycles. The monoisotopic (exact) mass is 393 g/mol. The lowest BCUT2D eigenvalue weighted by Gasteiger charge is -2.30. The first-order chi connectivity index (χ1) is 14.2. The molecule has 7 nitrogen and oxygen atoms in total. The first-order valence-corrected chi connectivity index (χ1v) is 9.58. The van der Waals surface area contributed by atoms with Crippen molar-refractivity contribution >= 4 is 28.5 Å². The van der Waals surface area contributed by atoms with E-state index < -0.39 is 5.91 Å². The molecule has 0 saturated heterocycles. The Kier molecular flexibility index (Phi) is 5.48. The lowest BCUT2D eigenvalue weighted by Crippen LogP contribution is -2.47. The number of amides is 2. The second-order valence-electron chi connectivity index (χ2n) is 7.00. The number of hydrogen-bond donors (Lipinski definition) is 2. The topological polar surface area (TPSA) is 83.8 Å². The van der Waals surface area contributed by atoms with Gasteiger partial charge < -0.3 is 14.1 Å². The van der Waals surface area contributed by atoms with Crippen LogP contribution >= 0.6 is 0 Å². The number of fused-ring (bicyclic) bond motifs is 2. The van der Waals surface area contributed by atoms with E-state index in [-0.39, 0.29) is 24.8 Å². The van der Waals surface area contributed by atoms with Gasteiger partial charge in [-0.2, -0.15) is 0 Å². The third kappa shape index (κ3) is 3.95. The maximum atomic E-state index is 12.6. The van der Waals surface area contributed by atoms with Gasteiger partial charge in [0.1, 0.15) is 5.58 Å². The molecule has 1 aliphatic rings. The number of rotatable bonds is 5. The molecule has 29 heavy (non-hydrogen) atoms. The van der Waals surface area contributed by atoms with Crippen LogP contribution in [0.2, 0.25) is 0 Å².